The summed E-state index contributed by atoms with van der Waals surface area (Å²) in [5.41, 5.74) is -1.38. The zero-order chi connectivity index (χ0) is 30.3. The van der Waals surface area contributed by atoms with Crippen molar-refractivity contribution in [1.29, 1.82) is 0 Å². The van der Waals surface area contributed by atoms with Gasteiger partial charge in [-0.25, -0.2) is 13.2 Å². The lowest BCUT2D eigenvalue weighted by molar-refractivity contribution is -0.156. The molecule has 2 aromatic rings. The molecule has 41 heavy (non-hydrogen) atoms. The molecule has 1 aliphatic carbocycles. The van der Waals surface area contributed by atoms with Crippen LogP contribution >= 0.6 is 11.6 Å². The number of hydrogen-bond donors (Lipinski definition) is 2. The summed E-state index contributed by atoms with van der Waals surface area (Å²) in [7, 11) is 0. The molecule has 0 bridgehead atoms. The lowest BCUT2D eigenvalue weighted by Gasteiger charge is -2.38. The Bertz CT molecular complexity index is 1380. The summed E-state index contributed by atoms with van der Waals surface area (Å²) in [5.74, 6) is -7.41. The van der Waals surface area contributed by atoms with E-state index in [9.17, 15) is 32.3 Å². The number of Topliss-reactive ketones (excluding diaryl/α,β-unsaturated/α-hetero) is 1. The van der Waals surface area contributed by atoms with Gasteiger partial charge in [0.25, 0.3) is 17.6 Å². The van der Waals surface area contributed by atoms with E-state index >= 15 is 0 Å². The molecule has 1 aromatic heterocycles. The van der Waals surface area contributed by atoms with Crippen LogP contribution in [0.5, 0.6) is 0 Å². The lowest BCUT2D eigenvalue weighted by atomic mass is 9.76. The maximum atomic E-state index is 13.6. The SMILES string of the molecule is CC(C)(C)OC(=O)C[C@H]1CC[C@](C)(NC(=O)C(=O)c2c(Cl)c(C(=O)Nc3cc(F)c(F)c(F)c3)c3n2CCC3)CC1. The smallest absolute Gasteiger partial charge is 0.306 e. The Morgan fingerprint density at radius 2 is 1.71 bits per heavy atom. The van der Waals surface area contributed by atoms with Gasteiger partial charge in [0, 0.05) is 42.0 Å². The van der Waals surface area contributed by atoms with E-state index in [0.29, 0.717) is 62.9 Å². The van der Waals surface area contributed by atoms with Crippen molar-refractivity contribution >= 4 is 40.9 Å². The van der Waals surface area contributed by atoms with Crippen molar-refractivity contribution in [2.75, 3.05) is 5.32 Å². The number of anilines is 1. The molecule has 0 radical (unpaired) electrons. The summed E-state index contributed by atoms with van der Waals surface area (Å²) in [6, 6.07) is 1.26. The highest BCUT2D eigenvalue weighted by Crippen LogP contribution is 2.36. The first-order valence-corrected chi connectivity index (χ1v) is 13.9. The topological polar surface area (TPSA) is 106 Å². The summed E-state index contributed by atoms with van der Waals surface area (Å²) in [6.07, 6.45) is 3.70. The van der Waals surface area contributed by atoms with Crippen molar-refractivity contribution in [2.24, 2.45) is 5.92 Å². The van der Waals surface area contributed by atoms with Crippen LogP contribution < -0.4 is 10.6 Å². The average molecular weight is 596 g/mol. The van der Waals surface area contributed by atoms with Crippen molar-refractivity contribution in [3.8, 4) is 0 Å². The van der Waals surface area contributed by atoms with Gasteiger partial charge in [-0.3, -0.25) is 19.2 Å². The van der Waals surface area contributed by atoms with Gasteiger partial charge in [-0.1, -0.05) is 11.6 Å². The quantitative estimate of drug-likeness (QED) is 0.184. The largest absolute Gasteiger partial charge is 0.460 e. The van der Waals surface area contributed by atoms with E-state index in [4.69, 9.17) is 16.3 Å². The predicted molar refractivity (Wildman–Crippen MR) is 145 cm³/mol. The molecule has 8 nitrogen and oxygen atoms in total. The van der Waals surface area contributed by atoms with Crippen LogP contribution in [0.3, 0.4) is 0 Å². The number of esters is 1. The normalized spacial score (nSPS) is 20.3. The van der Waals surface area contributed by atoms with Crippen LogP contribution in [0.25, 0.3) is 0 Å². The number of amides is 2. The molecular weight excluding hydrogens is 563 g/mol. The average Bonchev–Trinajstić information content (AvgIpc) is 3.41. The number of halogens is 4. The van der Waals surface area contributed by atoms with Crippen LogP contribution in [0.4, 0.5) is 18.9 Å². The zero-order valence-electron chi connectivity index (χ0n) is 23.4. The molecule has 1 saturated carbocycles. The molecule has 2 N–H and O–H groups in total. The molecule has 0 saturated heterocycles. The summed E-state index contributed by atoms with van der Waals surface area (Å²) < 4.78 is 47.5. The van der Waals surface area contributed by atoms with E-state index in [1.165, 1.54) is 4.57 Å². The zero-order valence-corrected chi connectivity index (χ0v) is 24.1. The Balaban J connectivity index is 1.46. The molecule has 2 aliphatic rings. The molecular formula is C29H33ClF3N3O5. The second kappa shape index (κ2) is 11.5. The van der Waals surface area contributed by atoms with Crippen LogP contribution in [0.1, 0.15) is 92.8 Å². The van der Waals surface area contributed by atoms with Gasteiger partial charge in [-0.05, 0) is 72.1 Å². The molecule has 222 valence electrons. The molecule has 2 amide bonds. The second-order valence-electron chi connectivity index (χ2n) is 12.0. The molecule has 2 heterocycles. The number of rotatable bonds is 7. The Morgan fingerprint density at radius 1 is 1.10 bits per heavy atom. The van der Waals surface area contributed by atoms with Gasteiger partial charge in [0.05, 0.1) is 10.6 Å². The molecule has 1 fully saturated rings. The number of carbonyl (C=O) groups excluding carboxylic acids is 4. The van der Waals surface area contributed by atoms with Gasteiger partial charge >= 0.3 is 5.97 Å². The summed E-state index contributed by atoms with van der Waals surface area (Å²) in [5, 5.41) is 4.87. The second-order valence-corrected chi connectivity index (χ2v) is 12.4. The van der Waals surface area contributed by atoms with Crippen LogP contribution in [0, 0.1) is 23.4 Å². The maximum Gasteiger partial charge on any atom is 0.306 e. The van der Waals surface area contributed by atoms with Crippen LogP contribution in [0.2, 0.25) is 5.02 Å². The predicted octanol–water partition coefficient (Wildman–Crippen LogP) is 5.74. The number of ketones is 1. The number of fused-ring (bicyclic) bond motifs is 1. The molecule has 12 heteroatoms. The van der Waals surface area contributed by atoms with E-state index in [1.807, 2.05) is 27.7 Å². The van der Waals surface area contributed by atoms with Crippen molar-refractivity contribution < 1.29 is 37.1 Å². The van der Waals surface area contributed by atoms with Gasteiger partial charge in [-0.2, -0.15) is 0 Å². The fourth-order valence-electron chi connectivity index (χ4n) is 5.52. The van der Waals surface area contributed by atoms with E-state index in [1.54, 1.807) is 0 Å². The minimum absolute atomic E-state index is 0.0840. The molecule has 1 aliphatic heterocycles. The van der Waals surface area contributed by atoms with Crippen LogP contribution in [-0.4, -0.2) is 39.3 Å². The third-order valence-electron chi connectivity index (χ3n) is 7.50. The molecule has 1 aromatic carbocycles. The third kappa shape index (κ3) is 6.77. The highest BCUT2D eigenvalue weighted by Gasteiger charge is 2.38. The van der Waals surface area contributed by atoms with E-state index in [0.717, 1.165) is 0 Å². The van der Waals surface area contributed by atoms with Gasteiger partial charge in [0.15, 0.2) is 17.5 Å². The standard InChI is InChI=1S/C29H33ClF3N3O5/c1-28(2,3)41-20(37)12-15-7-9-29(4,10-8-15)35-27(40)25(38)24-22(30)21(19-6-5-11-36(19)24)26(39)34-16-13-17(31)23(33)18(32)14-16/h13-15H,5-12H2,1-4H3,(H,34,39)(H,35,40)/t15-,29-. The first-order chi connectivity index (χ1) is 19.1. The number of aromatic nitrogens is 1. The maximum absolute atomic E-state index is 13.6. The van der Waals surface area contributed by atoms with Crippen molar-refractivity contribution in [1.82, 2.24) is 9.88 Å². The van der Waals surface area contributed by atoms with E-state index in [2.05, 4.69) is 10.6 Å². The van der Waals surface area contributed by atoms with E-state index in [-0.39, 0.29) is 40.3 Å². The summed E-state index contributed by atoms with van der Waals surface area (Å²) in [6.45, 7) is 7.62. The fourth-order valence-corrected chi connectivity index (χ4v) is 5.90. The number of carbonyl (C=O) groups is 4. The molecule has 0 spiro atoms. The number of benzene rings is 1. The van der Waals surface area contributed by atoms with Gasteiger partial charge < -0.3 is 19.9 Å². The van der Waals surface area contributed by atoms with Crippen LogP contribution in [0.15, 0.2) is 12.1 Å². The van der Waals surface area contributed by atoms with E-state index < -0.39 is 46.2 Å². The number of ether oxygens (including phenoxy) is 1. The van der Waals surface area contributed by atoms with Gasteiger partial charge in [0.1, 0.15) is 11.3 Å². The summed E-state index contributed by atoms with van der Waals surface area (Å²) in [4.78, 5) is 51.8. The Kier molecular flexibility index (Phi) is 8.59. The Labute approximate surface area is 240 Å². The Morgan fingerprint density at radius 3 is 2.29 bits per heavy atom. The number of nitrogens with zero attached hydrogens (tertiary/aromatic N) is 1. The molecule has 0 unspecified atom stereocenters. The third-order valence-corrected chi connectivity index (χ3v) is 7.86. The van der Waals surface area contributed by atoms with Crippen molar-refractivity contribution in [3.05, 3.63) is 51.6 Å². The minimum atomic E-state index is -1.67. The van der Waals surface area contributed by atoms with Crippen molar-refractivity contribution in [3.63, 3.8) is 0 Å². The number of nitrogens with one attached hydrogen (secondary N) is 2. The molecule has 4 rings (SSSR count). The highest BCUT2D eigenvalue weighted by atomic mass is 35.5. The first-order valence-electron chi connectivity index (χ1n) is 13.5. The Hall–Kier alpha value is -3.34. The van der Waals surface area contributed by atoms with Gasteiger partial charge in [0.2, 0.25) is 0 Å². The highest BCUT2D eigenvalue weighted by molar-refractivity contribution is 6.48. The first kappa shape index (κ1) is 30.6. The summed E-state index contributed by atoms with van der Waals surface area (Å²) >= 11 is 6.49. The monoisotopic (exact) mass is 595 g/mol. The minimum Gasteiger partial charge on any atom is -0.460 e. The fraction of sp³-hybridized carbons (Fsp3) is 0.517. The molecule has 0 atom stereocenters. The van der Waals surface area contributed by atoms with Crippen molar-refractivity contribution in [2.45, 2.75) is 90.3 Å². The number of hydrogen-bond acceptors (Lipinski definition) is 5. The lowest BCUT2D eigenvalue weighted by Crippen LogP contribution is -2.51. The van der Waals surface area contributed by atoms with Gasteiger partial charge in [-0.15, -0.1) is 0 Å². The van der Waals surface area contributed by atoms with Crippen LogP contribution in [-0.2, 0) is 27.3 Å².